The minimum absolute atomic E-state index is 0.174. The number of amides is 1. The van der Waals surface area contributed by atoms with Gasteiger partial charge in [0.25, 0.3) is 5.91 Å². The van der Waals surface area contributed by atoms with Crippen LogP contribution in [0.25, 0.3) is 0 Å². The number of rotatable bonds is 7. The lowest BCUT2D eigenvalue weighted by atomic mass is 10.2. The molecule has 0 radical (unpaired) electrons. The molecule has 0 heterocycles. The van der Waals surface area contributed by atoms with E-state index >= 15 is 0 Å². The van der Waals surface area contributed by atoms with Gasteiger partial charge < -0.3 is 24.3 Å². The Kier molecular flexibility index (Phi) is 5.89. The summed E-state index contributed by atoms with van der Waals surface area (Å²) in [5, 5.41) is 2.75. The van der Waals surface area contributed by atoms with Crippen molar-refractivity contribution in [1.29, 1.82) is 0 Å². The number of benzene rings is 2. The quantitative estimate of drug-likeness (QED) is 0.845. The molecule has 128 valence electrons. The first kappa shape index (κ1) is 17.5. The average Bonchev–Trinajstić information content (AvgIpc) is 2.59. The Morgan fingerprint density at radius 1 is 1.00 bits per heavy atom. The van der Waals surface area contributed by atoms with E-state index in [0.717, 1.165) is 5.56 Å². The summed E-state index contributed by atoms with van der Waals surface area (Å²) >= 11 is 0. The van der Waals surface area contributed by atoms with Gasteiger partial charge in [0.15, 0.2) is 18.1 Å². The number of anilines is 1. The summed E-state index contributed by atoms with van der Waals surface area (Å²) in [5.74, 6) is 1.79. The van der Waals surface area contributed by atoms with E-state index < -0.39 is 0 Å². The topological polar surface area (TPSA) is 66.0 Å². The molecule has 0 unspecified atom stereocenters. The van der Waals surface area contributed by atoms with Gasteiger partial charge in [0, 0.05) is 11.8 Å². The first-order valence-corrected chi connectivity index (χ1v) is 7.36. The maximum Gasteiger partial charge on any atom is 0.262 e. The molecule has 0 aliphatic rings. The van der Waals surface area contributed by atoms with Crippen LogP contribution in [0.4, 0.5) is 5.69 Å². The predicted molar refractivity (Wildman–Crippen MR) is 91.4 cm³/mol. The van der Waals surface area contributed by atoms with Crippen LogP contribution in [0.2, 0.25) is 0 Å². The Morgan fingerprint density at radius 3 is 2.25 bits per heavy atom. The molecule has 0 aromatic heterocycles. The smallest absolute Gasteiger partial charge is 0.262 e. The molecule has 0 fully saturated rings. The fourth-order valence-corrected chi connectivity index (χ4v) is 2.19. The van der Waals surface area contributed by atoms with E-state index in [-0.39, 0.29) is 12.5 Å². The predicted octanol–water partition coefficient (Wildman–Crippen LogP) is 3.04. The highest BCUT2D eigenvalue weighted by atomic mass is 16.5. The van der Waals surface area contributed by atoms with Gasteiger partial charge in [-0.1, -0.05) is 6.07 Å². The van der Waals surface area contributed by atoms with Crippen LogP contribution < -0.4 is 24.3 Å². The lowest BCUT2D eigenvalue weighted by molar-refractivity contribution is -0.118. The van der Waals surface area contributed by atoms with Crippen LogP contribution in [0.5, 0.6) is 23.0 Å². The summed E-state index contributed by atoms with van der Waals surface area (Å²) in [4.78, 5) is 12.1. The lowest BCUT2D eigenvalue weighted by Crippen LogP contribution is -2.20. The third-order valence-electron chi connectivity index (χ3n) is 3.31. The number of carbonyl (C=O) groups is 1. The summed E-state index contributed by atoms with van der Waals surface area (Å²) < 4.78 is 21.3. The Hall–Kier alpha value is -2.89. The Bertz CT molecular complexity index is 689. The van der Waals surface area contributed by atoms with Crippen molar-refractivity contribution in [3.8, 4) is 23.0 Å². The van der Waals surface area contributed by atoms with Crippen LogP contribution in [-0.2, 0) is 4.79 Å². The lowest BCUT2D eigenvalue weighted by Gasteiger charge is -2.15. The number of carbonyl (C=O) groups excluding carboxylic acids is 1. The molecule has 0 aliphatic carbocycles. The fraction of sp³-hybridized carbons (Fsp3) is 0.278. The molecule has 0 bridgehead atoms. The van der Waals surface area contributed by atoms with Gasteiger partial charge in [-0.3, -0.25) is 4.79 Å². The van der Waals surface area contributed by atoms with E-state index in [1.807, 2.05) is 19.1 Å². The normalized spacial score (nSPS) is 10.0. The van der Waals surface area contributed by atoms with Crippen molar-refractivity contribution in [1.82, 2.24) is 0 Å². The number of methoxy groups -OCH3 is 3. The van der Waals surface area contributed by atoms with Gasteiger partial charge in [-0.2, -0.15) is 0 Å². The van der Waals surface area contributed by atoms with Gasteiger partial charge in [-0.15, -0.1) is 0 Å². The highest BCUT2D eigenvalue weighted by molar-refractivity contribution is 5.92. The molecule has 24 heavy (non-hydrogen) atoms. The molecule has 0 atom stereocenters. The van der Waals surface area contributed by atoms with Crippen molar-refractivity contribution in [2.45, 2.75) is 6.92 Å². The van der Waals surface area contributed by atoms with Crippen molar-refractivity contribution >= 4 is 11.6 Å². The van der Waals surface area contributed by atoms with Crippen LogP contribution in [0, 0.1) is 6.92 Å². The first-order chi connectivity index (χ1) is 11.6. The second kappa shape index (κ2) is 8.10. The summed E-state index contributed by atoms with van der Waals surface area (Å²) in [6, 6.07) is 10.7. The van der Waals surface area contributed by atoms with Gasteiger partial charge in [0.1, 0.15) is 5.75 Å². The standard InChI is InChI=1S/C18H21NO5/c1-12-8-15(22-3)18(16(9-12)23-4)24-11-17(20)19-13-6-5-7-14(10-13)21-2/h5-10H,11H2,1-4H3,(H,19,20). The van der Waals surface area contributed by atoms with Crippen molar-refractivity contribution in [2.75, 3.05) is 33.3 Å². The highest BCUT2D eigenvalue weighted by Gasteiger charge is 2.15. The van der Waals surface area contributed by atoms with E-state index in [2.05, 4.69) is 5.32 Å². The largest absolute Gasteiger partial charge is 0.497 e. The zero-order valence-electron chi connectivity index (χ0n) is 14.2. The Labute approximate surface area is 141 Å². The van der Waals surface area contributed by atoms with Gasteiger partial charge in [-0.25, -0.2) is 0 Å². The first-order valence-electron chi connectivity index (χ1n) is 7.36. The van der Waals surface area contributed by atoms with Gasteiger partial charge in [0.2, 0.25) is 5.75 Å². The minimum Gasteiger partial charge on any atom is -0.497 e. The monoisotopic (exact) mass is 331 g/mol. The number of hydrogen-bond acceptors (Lipinski definition) is 5. The van der Waals surface area contributed by atoms with Crippen molar-refractivity contribution in [2.24, 2.45) is 0 Å². The van der Waals surface area contributed by atoms with E-state index in [9.17, 15) is 4.79 Å². The molecule has 2 aromatic rings. The molecule has 0 saturated carbocycles. The molecule has 0 saturated heterocycles. The number of ether oxygens (including phenoxy) is 4. The summed E-state index contributed by atoms with van der Waals surface area (Å²) in [5.41, 5.74) is 1.60. The van der Waals surface area contributed by atoms with E-state index in [1.54, 1.807) is 31.4 Å². The van der Waals surface area contributed by atoms with Crippen molar-refractivity contribution in [3.05, 3.63) is 42.0 Å². The van der Waals surface area contributed by atoms with Crippen LogP contribution in [0.15, 0.2) is 36.4 Å². The zero-order valence-corrected chi connectivity index (χ0v) is 14.2. The molecule has 0 aliphatic heterocycles. The minimum atomic E-state index is -0.298. The van der Waals surface area contributed by atoms with Gasteiger partial charge in [0.05, 0.1) is 21.3 Å². The molecular formula is C18H21NO5. The molecule has 2 aromatic carbocycles. The summed E-state index contributed by atoms with van der Waals surface area (Å²) in [6.07, 6.45) is 0. The fourth-order valence-electron chi connectivity index (χ4n) is 2.19. The third-order valence-corrected chi connectivity index (χ3v) is 3.31. The van der Waals surface area contributed by atoms with Crippen LogP contribution in [-0.4, -0.2) is 33.8 Å². The molecule has 2 rings (SSSR count). The summed E-state index contributed by atoms with van der Waals surface area (Å²) in [6.45, 7) is 1.75. The second-order valence-electron chi connectivity index (χ2n) is 5.07. The Balaban J connectivity index is 2.06. The SMILES string of the molecule is COc1cccc(NC(=O)COc2c(OC)cc(C)cc2OC)c1. The summed E-state index contributed by atoms with van der Waals surface area (Å²) in [7, 11) is 4.65. The van der Waals surface area contributed by atoms with Crippen molar-refractivity contribution in [3.63, 3.8) is 0 Å². The van der Waals surface area contributed by atoms with Crippen molar-refractivity contribution < 1.29 is 23.7 Å². The number of hydrogen-bond donors (Lipinski definition) is 1. The molecule has 1 N–H and O–H groups in total. The second-order valence-corrected chi connectivity index (χ2v) is 5.07. The molecule has 6 nitrogen and oxygen atoms in total. The molecular weight excluding hydrogens is 310 g/mol. The maximum absolute atomic E-state index is 12.1. The van der Waals surface area contributed by atoms with Gasteiger partial charge >= 0.3 is 0 Å². The van der Waals surface area contributed by atoms with E-state index in [4.69, 9.17) is 18.9 Å². The zero-order chi connectivity index (χ0) is 17.5. The Morgan fingerprint density at radius 2 is 1.67 bits per heavy atom. The third kappa shape index (κ3) is 4.32. The van der Waals surface area contributed by atoms with E-state index in [0.29, 0.717) is 28.7 Å². The molecule has 0 spiro atoms. The average molecular weight is 331 g/mol. The number of aryl methyl sites for hydroxylation is 1. The number of nitrogens with one attached hydrogen (secondary N) is 1. The highest BCUT2D eigenvalue weighted by Crippen LogP contribution is 2.38. The van der Waals surface area contributed by atoms with Crippen LogP contribution in [0.1, 0.15) is 5.56 Å². The molecule has 1 amide bonds. The van der Waals surface area contributed by atoms with Crippen LogP contribution >= 0.6 is 0 Å². The van der Waals surface area contributed by atoms with E-state index in [1.165, 1.54) is 14.2 Å². The van der Waals surface area contributed by atoms with Gasteiger partial charge in [-0.05, 0) is 36.8 Å². The maximum atomic E-state index is 12.1. The van der Waals surface area contributed by atoms with Crippen LogP contribution in [0.3, 0.4) is 0 Å². The molecule has 6 heteroatoms.